The van der Waals surface area contributed by atoms with Crippen molar-refractivity contribution in [3.05, 3.63) is 23.0 Å². The molecular formula is C14H20FNO3SSi. The molecule has 0 aromatic carbocycles. The molecular weight excluding hydrogens is 309 g/mol. The van der Waals surface area contributed by atoms with Crippen molar-refractivity contribution < 1.29 is 18.7 Å². The van der Waals surface area contributed by atoms with Crippen molar-refractivity contribution >= 4 is 35.6 Å². The molecule has 2 rings (SSSR count). The van der Waals surface area contributed by atoms with Gasteiger partial charge >= 0.3 is 5.97 Å². The minimum atomic E-state index is -1.17. The van der Waals surface area contributed by atoms with Crippen LogP contribution in [-0.2, 0) is 16.2 Å². The van der Waals surface area contributed by atoms with Crippen molar-refractivity contribution in [1.82, 2.24) is 4.57 Å². The molecule has 0 aliphatic carbocycles. The zero-order valence-corrected chi connectivity index (χ0v) is 14.6. The third-order valence-electron chi connectivity index (χ3n) is 3.21. The summed E-state index contributed by atoms with van der Waals surface area (Å²) in [4.78, 5) is 11.8. The molecule has 0 atom stereocenters. The van der Waals surface area contributed by atoms with Crippen LogP contribution in [-0.4, -0.2) is 32.3 Å². The second-order valence-corrected chi connectivity index (χ2v) is 12.6. The van der Waals surface area contributed by atoms with Gasteiger partial charge in [-0.25, -0.2) is 9.18 Å². The Morgan fingerprint density at radius 3 is 2.76 bits per heavy atom. The average Bonchev–Trinajstić information content (AvgIpc) is 2.96. The van der Waals surface area contributed by atoms with Crippen LogP contribution in [0, 0.1) is 5.82 Å². The Morgan fingerprint density at radius 1 is 1.43 bits per heavy atom. The highest BCUT2D eigenvalue weighted by Crippen LogP contribution is 2.30. The predicted molar refractivity (Wildman–Crippen MR) is 85.2 cm³/mol. The summed E-state index contributed by atoms with van der Waals surface area (Å²) in [6.07, 6.45) is 0. The third kappa shape index (κ3) is 3.53. The van der Waals surface area contributed by atoms with Crippen molar-refractivity contribution in [2.75, 3.05) is 13.7 Å². The molecule has 0 aliphatic rings. The molecule has 21 heavy (non-hydrogen) atoms. The van der Waals surface area contributed by atoms with Crippen LogP contribution in [0.15, 0.2) is 11.4 Å². The fourth-order valence-electron chi connectivity index (χ4n) is 1.99. The van der Waals surface area contributed by atoms with Crippen LogP contribution < -0.4 is 0 Å². The van der Waals surface area contributed by atoms with Crippen molar-refractivity contribution in [3.63, 3.8) is 0 Å². The molecule has 0 N–H and O–H groups in total. The summed E-state index contributed by atoms with van der Waals surface area (Å²) in [5.41, 5.74) is 0.609. The van der Waals surface area contributed by atoms with Crippen molar-refractivity contribution in [2.45, 2.75) is 32.4 Å². The first-order chi connectivity index (χ1) is 9.85. The van der Waals surface area contributed by atoms with E-state index in [0.29, 0.717) is 16.8 Å². The van der Waals surface area contributed by atoms with Crippen molar-refractivity contribution in [2.24, 2.45) is 0 Å². The molecule has 2 heterocycles. The molecule has 2 aromatic heterocycles. The van der Waals surface area contributed by atoms with Crippen LogP contribution in [0.4, 0.5) is 4.39 Å². The highest BCUT2D eigenvalue weighted by molar-refractivity contribution is 7.17. The predicted octanol–water partition coefficient (Wildman–Crippen LogP) is 3.94. The first kappa shape index (κ1) is 16.2. The van der Waals surface area contributed by atoms with Crippen molar-refractivity contribution in [1.29, 1.82) is 0 Å². The van der Waals surface area contributed by atoms with Gasteiger partial charge in [-0.1, -0.05) is 19.6 Å². The van der Waals surface area contributed by atoms with Crippen molar-refractivity contribution in [3.8, 4) is 0 Å². The zero-order chi connectivity index (χ0) is 15.6. The number of aromatic nitrogens is 1. The number of halogens is 1. The Bertz CT molecular complexity index is 644. The number of methoxy groups -OCH3 is 1. The summed E-state index contributed by atoms with van der Waals surface area (Å²) in [5, 5.41) is 1.80. The number of fused-ring (bicyclic) bond motifs is 1. The molecule has 0 saturated heterocycles. The number of carbonyl (C=O) groups excluding carboxylic acids is 1. The average molecular weight is 329 g/mol. The van der Waals surface area contributed by atoms with Gasteiger partial charge in [-0.3, -0.25) is 0 Å². The van der Waals surface area contributed by atoms with E-state index in [1.807, 2.05) is 0 Å². The van der Waals surface area contributed by atoms with Gasteiger partial charge in [0, 0.05) is 14.7 Å². The Kier molecular flexibility index (Phi) is 4.85. The van der Waals surface area contributed by atoms with E-state index in [2.05, 4.69) is 24.4 Å². The standard InChI is InChI=1S/C14H20FNO3SSi/c1-18-14(17)12-11(15)13-10(5-7-20-13)16(12)9-19-6-8-21(2,3)4/h5,7H,6,8-9H2,1-4H3. The molecule has 0 spiro atoms. The Hall–Kier alpha value is -1.18. The molecule has 116 valence electrons. The summed E-state index contributed by atoms with van der Waals surface area (Å²) in [6.45, 7) is 7.57. The van der Waals surface area contributed by atoms with Crippen LogP contribution >= 0.6 is 11.3 Å². The maximum absolute atomic E-state index is 14.3. The lowest BCUT2D eigenvalue weighted by atomic mass is 10.4. The molecule has 0 amide bonds. The SMILES string of the molecule is COC(=O)c1c(F)c2sccc2n1COCC[Si](C)(C)C. The second-order valence-electron chi connectivity index (χ2n) is 6.07. The largest absolute Gasteiger partial charge is 0.464 e. The number of thiophene rings is 1. The normalized spacial score (nSPS) is 12.0. The number of ether oxygens (including phenoxy) is 2. The Labute approximate surface area is 128 Å². The minimum absolute atomic E-state index is 0.0626. The van der Waals surface area contributed by atoms with Crippen LogP contribution in [0.2, 0.25) is 25.7 Å². The van der Waals surface area contributed by atoms with E-state index in [9.17, 15) is 9.18 Å². The summed E-state index contributed by atoms with van der Waals surface area (Å²) < 4.78 is 26.6. The number of esters is 1. The van der Waals surface area contributed by atoms with E-state index >= 15 is 0 Å². The number of hydrogen-bond acceptors (Lipinski definition) is 4. The van der Waals surface area contributed by atoms with E-state index in [1.54, 1.807) is 16.0 Å². The molecule has 0 unspecified atom stereocenters. The smallest absolute Gasteiger partial charge is 0.357 e. The lowest BCUT2D eigenvalue weighted by Gasteiger charge is -2.16. The van der Waals surface area contributed by atoms with Gasteiger partial charge in [-0.2, -0.15) is 0 Å². The quantitative estimate of drug-likeness (QED) is 0.458. The molecule has 0 bridgehead atoms. The molecule has 0 saturated carbocycles. The summed E-state index contributed by atoms with van der Waals surface area (Å²) in [6, 6.07) is 2.81. The van der Waals surface area contributed by atoms with Crippen LogP contribution in [0.5, 0.6) is 0 Å². The van der Waals surface area contributed by atoms with Gasteiger partial charge in [0.15, 0.2) is 11.5 Å². The maximum atomic E-state index is 14.3. The Morgan fingerprint density at radius 2 is 2.14 bits per heavy atom. The van der Waals surface area contributed by atoms with Gasteiger partial charge in [-0.05, 0) is 17.5 Å². The van der Waals surface area contributed by atoms with E-state index in [-0.39, 0.29) is 12.4 Å². The van der Waals surface area contributed by atoms with Gasteiger partial charge in [0.2, 0.25) is 0 Å². The van der Waals surface area contributed by atoms with Crippen LogP contribution in [0.3, 0.4) is 0 Å². The molecule has 0 radical (unpaired) electrons. The fourth-order valence-corrected chi connectivity index (χ4v) is 3.58. The first-order valence-electron chi connectivity index (χ1n) is 6.76. The van der Waals surface area contributed by atoms with Gasteiger partial charge in [0.05, 0.1) is 17.3 Å². The summed E-state index contributed by atoms with van der Waals surface area (Å²) >= 11 is 1.27. The molecule has 0 aliphatic heterocycles. The Balaban J connectivity index is 2.21. The van der Waals surface area contributed by atoms with E-state index < -0.39 is 19.9 Å². The molecule has 0 fully saturated rings. The van der Waals surface area contributed by atoms with Gasteiger partial charge in [-0.15, -0.1) is 11.3 Å². The van der Waals surface area contributed by atoms with Crippen LogP contribution in [0.1, 0.15) is 10.5 Å². The highest BCUT2D eigenvalue weighted by atomic mass is 32.1. The topological polar surface area (TPSA) is 40.5 Å². The van der Waals surface area contributed by atoms with E-state index in [0.717, 1.165) is 6.04 Å². The molecule has 2 aromatic rings. The summed E-state index contributed by atoms with van der Waals surface area (Å²) in [7, 11) is 0.0783. The van der Waals surface area contributed by atoms with Gasteiger partial charge in [0.25, 0.3) is 0 Å². The number of rotatable bonds is 6. The highest BCUT2D eigenvalue weighted by Gasteiger charge is 2.24. The fraction of sp³-hybridized carbons (Fsp3) is 0.500. The first-order valence-corrected chi connectivity index (χ1v) is 11.3. The monoisotopic (exact) mass is 329 g/mol. The second kappa shape index (κ2) is 6.29. The molecule has 7 heteroatoms. The van der Waals surface area contributed by atoms with Crippen LogP contribution in [0.25, 0.3) is 10.2 Å². The zero-order valence-electron chi connectivity index (χ0n) is 12.7. The lowest BCUT2D eigenvalue weighted by molar-refractivity contribution is 0.0538. The lowest BCUT2D eigenvalue weighted by Crippen LogP contribution is -2.22. The van der Waals surface area contributed by atoms with E-state index in [1.165, 1.54) is 18.4 Å². The maximum Gasteiger partial charge on any atom is 0.357 e. The number of carbonyl (C=O) groups is 1. The molecule has 4 nitrogen and oxygen atoms in total. The van der Waals surface area contributed by atoms with Gasteiger partial charge in [0.1, 0.15) is 6.73 Å². The van der Waals surface area contributed by atoms with E-state index in [4.69, 9.17) is 4.74 Å². The summed E-state index contributed by atoms with van der Waals surface area (Å²) in [5.74, 6) is -1.20. The minimum Gasteiger partial charge on any atom is -0.464 e. The number of nitrogens with zero attached hydrogens (tertiary/aromatic N) is 1. The number of hydrogen-bond donors (Lipinski definition) is 0. The van der Waals surface area contributed by atoms with Gasteiger partial charge < -0.3 is 14.0 Å². The third-order valence-corrected chi connectivity index (χ3v) is 5.81.